The summed E-state index contributed by atoms with van der Waals surface area (Å²) < 4.78 is 56.5. The monoisotopic (exact) mass is 390 g/mol. The summed E-state index contributed by atoms with van der Waals surface area (Å²) in [7, 11) is 0. The maximum absolute atomic E-state index is 14.5. The molecule has 1 aromatic heterocycles. The van der Waals surface area contributed by atoms with Crippen LogP contribution in [-0.4, -0.2) is 10.4 Å². The van der Waals surface area contributed by atoms with Crippen LogP contribution in [0.15, 0.2) is 47.3 Å². The van der Waals surface area contributed by atoms with E-state index in [2.05, 4.69) is 0 Å². The maximum atomic E-state index is 14.5. The van der Waals surface area contributed by atoms with E-state index in [1.165, 1.54) is 0 Å². The zero-order valence-electron chi connectivity index (χ0n) is 14.6. The van der Waals surface area contributed by atoms with Crippen molar-refractivity contribution in [3.05, 3.63) is 92.8 Å². The number of anilines is 1. The number of halogens is 4. The number of nitrogens with two attached hydrogens (primary N) is 1. The van der Waals surface area contributed by atoms with Crippen LogP contribution in [0.1, 0.15) is 28.4 Å². The summed E-state index contributed by atoms with van der Waals surface area (Å²) in [5.41, 5.74) is 3.74. The Bertz CT molecular complexity index is 1130. The molecule has 144 valence electrons. The number of benzene rings is 2. The Morgan fingerprint density at radius 1 is 0.929 bits per heavy atom. The summed E-state index contributed by atoms with van der Waals surface area (Å²) in [6, 6.07) is 6.33. The average molecular weight is 390 g/mol. The summed E-state index contributed by atoms with van der Waals surface area (Å²) in [5.74, 6) is -5.62. The van der Waals surface area contributed by atoms with Crippen molar-refractivity contribution >= 4 is 11.6 Å². The number of nitrogens with zero attached hydrogens (tertiary/aromatic N) is 1. The number of carbonyl (C=O) groups excluding carboxylic acids is 1. The lowest BCUT2D eigenvalue weighted by molar-refractivity contribution is 0.103. The van der Waals surface area contributed by atoms with Crippen LogP contribution in [0.5, 0.6) is 0 Å². The molecule has 28 heavy (non-hydrogen) atoms. The third-order valence-corrected chi connectivity index (χ3v) is 4.26. The van der Waals surface area contributed by atoms with E-state index in [1.807, 2.05) is 0 Å². The molecule has 0 aliphatic carbocycles. The van der Waals surface area contributed by atoms with Crippen molar-refractivity contribution in [1.29, 1.82) is 0 Å². The van der Waals surface area contributed by atoms with Gasteiger partial charge in [-0.25, -0.2) is 17.6 Å². The van der Waals surface area contributed by atoms with E-state index in [1.54, 1.807) is 6.92 Å². The van der Waals surface area contributed by atoms with Crippen molar-refractivity contribution in [3.8, 4) is 5.69 Å². The van der Waals surface area contributed by atoms with Gasteiger partial charge >= 0.3 is 0 Å². The van der Waals surface area contributed by atoms with Crippen LogP contribution < -0.4 is 11.3 Å². The van der Waals surface area contributed by atoms with Gasteiger partial charge in [-0.15, -0.1) is 0 Å². The average Bonchev–Trinajstić information content (AvgIpc) is 2.63. The minimum Gasteiger partial charge on any atom is -0.384 e. The summed E-state index contributed by atoms with van der Waals surface area (Å²) in [5, 5.41) is 0. The van der Waals surface area contributed by atoms with Crippen molar-refractivity contribution in [3.63, 3.8) is 0 Å². The van der Waals surface area contributed by atoms with Gasteiger partial charge in [0.15, 0.2) is 17.4 Å². The number of aromatic nitrogens is 1. The molecule has 1 heterocycles. The van der Waals surface area contributed by atoms with Crippen LogP contribution in [0.4, 0.5) is 23.4 Å². The van der Waals surface area contributed by atoms with Crippen LogP contribution in [-0.2, 0) is 6.42 Å². The summed E-state index contributed by atoms with van der Waals surface area (Å²) in [6.45, 7) is 1.70. The summed E-state index contributed by atoms with van der Waals surface area (Å²) >= 11 is 0. The molecule has 0 bridgehead atoms. The van der Waals surface area contributed by atoms with Gasteiger partial charge in [0.25, 0.3) is 5.56 Å². The molecule has 0 saturated carbocycles. The Morgan fingerprint density at radius 2 is 1.54 bits per heavy atom. The third-order valence-electron chi connectivity index (χ3n) is 4.26. The van der Waals surface area contributed by atoms with Gasteiger partial charge in [-0.3, -0.25) is 14.2 Å². The summed E-state index contributed by atoms with van der Waals surface area (Å²) in [6.07, 6.45) is 0.362. The topological polar surface area (TPSA) is 65.1 Å². The highest BCUT2D eigenvalue weighted by atomic mass is 19.1. The van der Waals surface area contributed by atoms with E-state index in [0.29, 0.717) is 22.6 Å². The molecular weight excluding hydrogens is 376 g/mol. The number of rotatable bonds is 4. The first-order valence-corrected chi connectivity index (χ1v) is 8.24. The molecule has 0 atom stereocenters. The zero-order chi connectivity index (χ0) is 20.6. The highest BCUT2D eigenvalue weighted by Gasteiger charge is 2.23. The molecule has 2 N–H and O–H groups in total. The molecule has 0 radical (unpaired) electrons. The Labute approximate surface area is 156 Å². The van der Waals surface area contributed by atoms with Crippen molar-refractivity contribution in [2.24, 2.45) is 0 Å². The second kappa shape index (κ2) is 7.30. The SMILES string of the molecule is CCc1cc(F)c(-n2c(N)c(C(=O)c3ccc(F)cc3F)ccc2=O)c(F)c1. The zero-order valence-corrected chi connectivity index (χ0v) is 14.6. The van der Waals surface area contributed by atoms with Gasteiger partial charge in [0, 0.05) is 12.1 Å². The van der Waals surface area contributed by atoms with Crippen LogP contribution in [0.3, 0.4) is 0 Å². The van der Waals surface area contributed by atoms with Crippen LogP contribution >= 0.6 is 0 Å². The molecule has 0 aliphatic rings. The van der Waals surface area contributed by atoms with Crippen LogP contribution in [0.25, 0.3) is 5.69 Å². The number of carbonyl (C=O) groups is 1. The van der Waals surface area contributed by atoms with Gasteiger partial charge < -0.3 is 5.73 Å². The molecule has 0 unspecified atom stereocenters. The standard InChI is InChI=1S/C20H14F4N2O2/c1-2-10-7-15(23)18(16(24)8-10)26-17(27)6-5-13(20(26)25)19(28)12-4-3-11(21)9-14(12)22/h3-9H,2,25H2,1H3. The molecule has 0 spiro atoms. The van der Waals surface area contributed by atoms with E-state index in [4.69, 9.17) is 5.73 Å². The number of nitrogen functional groups attached to an aromatic ring is 1. The Balaban J connectivity index is 2.22. The van der Waals surface area contributed by atoms with Gasteiger partial charge in [0.2, 0.25) is 0 Å². The molecule has 3 rings (SSSR count). The molecule has 8 heteroatoms. The van der Waals surface area contributed by atoms with E-state index >= 15 is 0 Å². The van der Waals surface area contributed by atoms with Gasteiger partial charge in [-0.05, 0) is 42.3 Å². The quantitative estimate of drug-likeness (QED) is 0.545. The van der Waals surface area contributed by atoms with E-state index in [9.17, 15) is 27.2 Å². The molecule has 0 saturated heterocycles. The van der Waals surface area contributed by atoms with Gasteiger partial charge in [-0.1, -0.05) is 6.92 Å². The fraction of sp³-hybridized carbons (Fsp3) is 0.100. The van der Waals surface area contributed by atoms with Crippen molar-refractivity contribution in [2.45, 2.75) is 13.3 Å². The van der Waals surface area contributed by atoms with Crippen LogP contribution in [0.2, 0.25) is 0 Å². The molecule has 4 nitrogen and oxygen atoms in total. The minimum absolute atomic E-state index is 0.358. The highest BCUT2D eigenvalue weighted by molar-refractivity contribution is 6.11. The first-order valence-electron chi connectivity index (χ1n) is 8.24. The first kappa shape index (κ1) is 19.3. The predicted octanol–water partition coefficient (Wildman–Crippen LogP) is 3.77. The van der Waals surface area contributed by atoms with E-state index in [-0.39, 0.29) is 5.56 Å². The molecule has 0 aliphatic heterocycles. The molecular formula is C20H14F4N2O2. The molecule has 0 amide bonds. The molecule has 0 fully saturated rings. The molecule has 2 aromatic carbocycles. The van der Waals surface area contributed by atoms with Gasteiger partial charge in [0.05, 0.1) is 11.1 Å². The maximum Gasteiger partial charge on any atom is 0.256 e. The Kier molecular flexibility index (Phi) is 5.04. The largest absolute Gasteiger partial charge is 0.384 e. The number of hydrogen-bond acceptors (Lipinski definition) is 3. The fourth-order valence-electron chi connectivity index (χ4n) is 2.83. The lowest BCUT2D eigenvalue weighted by Crippen LogP contribution is -2.25. The van der Waals surface area contributed by atoms with Crippen LogP contribution in [0, 0.1) is 23.3 Å². The van der Waals surface area contributed by atoms with Crippen molar-refractivity contribution in [2.75, 3.05) is 5.73 Å². The van der Waals surface area contributed by atoms with Gasteiger partial charge in [0.1, 0.15) is 23.1 Å². The second-order valence-corrected chi connectivity index (χ2v) is 6.02. The lowest BCUT2D eigenvalue weighted by atomic mass is 10.0. The summed E-state index contributed by atoms with van der Waals surface area (Å²) in [4.78, 5) is 24.9. The van der Waals surface area contributed by atoms with Crippen molar-refractivity contribution in [1.82, 2.24) is 4.57 Å². The lowest BCUT2D eigenvalue weighted by Gasteiger charge is -2.15. The smallest absolute Gasteiger partial charge is 0.256 e. The van der Waals surface area contributed by atoms with Crippen molar-refractivity contribution < 1.29 is 22.4 Å². The predicted molar refractivity (Wildman–Crippen MR) is 95.5 cm³/mol. The normalized spacial score (nSPS) is 10.9. The number of pyridine rings is 1. The number of hydrogen-bond donors (Lipinski definition) is 1. The minimum atomic E-state index is -1.13. The highest BCUT2D eigenvalue weighted by Crippen LogP contribution is 2.25. The second-order valence-electron chi connectivity index (χ2n) is 6.02. The Hall–Kier alpha value is -3.42. The number of aryl methyl sites for hydroxylation is 1. The number of ketones is 1. The Morgan fingerprint density at radius 3 is 2.11 bits per heavy atom. The molecule has 3 aromatic rings. The first-order chi connectivity index (χ1) is 13.2. The third kappa shape index (κ3) is 3.28. The van der Waals surface area contributed by atoms with Gasteiger partial charge in [-0.2, -0.15) is 0 Å². The van der Waals surface area contributed by atoms with E-state index < -0.39 is 51.7 Å². The fourth-order valence-corrected chi connectivity index (χ4v) is 2.83. The van der Waals surface area contributed by atoms with E-state index in [0.717, 1.165) is 36.4 Å².